The molecule has 2 fully saturated rings. The number of carbonyl (C=O) groups excluding carboxylic acids is 1. The quantitative estimate of drug-likeness (QED) is 0.808. The number of ether oxygens (including phenoxy) is 2. The molecule has 130 valence electrons. The molecule has 0 aromatic rings. The predicted octanol–water partition coefficient (Wildman–Crippen LogP) is 2.42. The minimum Gasteiger partial charge on any atom is -0.444 e. The Kier molecular flexibility index (Phi) is 4.97. The summed E-state index contributed by atoms with van der Waals surface area (Å²) in [6.07, 6.45) is 7.18. The number of carbonyl (C=O) groups is 1. The number of rotatable bonds is 4. The van der Waals surface area contributed by atoms with Crippen LogP contribution < -0.4 is 5.32 Å². The molecule has 4 unspecified atom stereocenters. The summed E-state index contributed by atoms with van der Waals surface area (Å²) >= 11 is 0. The highest BCUT2D eigenvalue weighted by molar-refractivity contribution is 5.68. The highest BCUT2D eigenvalue weighted by Gasteiger charge is 2.36. The smallest absolute Gasteiger partial charge is 0.410 e. The lowest BCUT2D eigenvalue weighted by atomic mass is 9.93. The Labute approximate surface area is 139 Å². The van der Waals surface area contributed by atoms with Crippen LogP contribution in [-0.4, -0.2) is 55.5 Å². The number of nitrogens with one attached hydrogen (secondary N) is 1. The van der Waals surface area contributed by atoms with Gasteiger partial charge >= 0.3 is 6.09 Å². The van der Waals surface area contributed by atoms with Crippen molar-refractivity contribution in [3.63, 3.8) is 0 Å². The highest BCUT2D eigenvalue weighted by Crippen LogP contribution is 2.42. The number of hydrogen-bond donors (Lipinski definition) is 1. The Hall–Kier alpha value is -1.07. The van der Waals surface area contributed by atoms with Crippen molar-refractivity contribution in [1.29, 1.82) is 0 Å². The SMILES string of the molecule is CC(C)(C)OC(=O)N1CCOCC1CNCC1CC2C=CC1C2. The van der Waals surface area contributed by atoms with E-state index in [2.05, 4.69) is 17.5 Å². The van der Waals surface area contributed by atoms with Gasteiger partial charge in [0.25, 0.3) is 0 Å². The monoisotopic (exact) mass is 322 g/mol. The van der Waals surface area contributed by atoms with Crippen LogP contribution in [0.4, 0.5) is 4.79 Å². The van der Waals surface area contributed by atoms with E-state index < -0.39 is 5.60 Å². The molecule has 3 rings (SSSR count). The third-order valence-electron chi connectivity index (χ3n) is 5.06. The van der Waals surface area contributed by atoms with Crippen molar-refractivity contribution in [3.8, 4) is 0 Å². The number of fused-ring (bicyclic) bond motifs is 2. The first-order chi connectivity index (χ1) is 10.9. The van der Waals surface area contributed by atoms with Crippen molar-refractivity contribution in [1.82, 2.24) is 10.2 Å². The van der Waals surface area contributed by atoms with Crippen LogP contribution in [0.1, 0.15) is 33.6 Å². The molecule has 23 heavy (non-hydrogen) atoms. The van der Waals surface area contributed by atoms with Gasteiger partial charge < -0.3 is 14.8 Å². The van der Waals surface area contributed by atoms with Gasteiger partial charge in [0, 0.05) is 13.1 Å². The van der Waals surface area contributed by atoms with Gasteiger partial charge in [-0.1, -0.05) is 12.2 Å². The molecule has 5 heteroatoms. The van der Waals surface area contributed by atoms with E-state index in [0.717, 1.165) is 30.8 Å². The zero-order valence-corrected chi connectivity index (χ0v) is 14.6. The molecule has 0 aromatic heterocycles. The summed E-state index contributed by atoms with van der Waals surface area (Å²) in [6.45, 7) is 9.30. The fourth-order valence-electron chi connectivity index (χ4n) is 3.95. The van der Waals surface area contributed by atoms with Gasteiger partial charge in [-0.15, -0.1) is 0 Å². The van der Waals surface area contributed by atoms with Crippen molar-refractivity contribution >= 4 is 6.09 Å². The maximum Gasteiger partial charge on any atom is 0.410 e. The van der Waals surface area contributed by atoms with Gasteiger partial charge in [-0.2, -0.15) is 0 Å². The number of morpholine rings is 1. The standard InChI is InChI=1S/C18H30N2O3/c1-18(2,3)23-17(21)20-6-7-22-12-16(20)11-19-10-15-9-13-4-5-14(15)8-13/h4-5,13-16,19H,6-12H2,1-3H3. The minimum absolute atomic E-state index is 0.0627. The van der Waals surface area contributed by atoms with E-state index in [1.807, 2.05) is 25.7 Å². The topological polar surface area (TPSA) is 50.8 Å². The van der Waals surface area contributed by atoms with E-state index in [-0.39, 0.29) is 12.1 Å². The Morgan fingerprint density at radius 2 is 2.13 bits per heavy atom. The van der Waals surface area contributed by atoms with Crippen LogP contribution in [-0.2, 0) is 9.47 Å². The van der Waals surface area contributed by atoms with Gasteiger partial charge in [-0.25, -0.2) is 4.79 Å². The Morgan fingerprint density at radius 1 is 1.30 bits per heavy atom. The van der Waals surface area contributed by atoms with Crippen LogP contribution in [0.25, 0.3) is 0 Å². The normalized spacial score (nSPS) is 33.3. The van der Waals surface area contributed by atoms with Crippen LogP contribution in [0.15, 0.2) is 12.2 Å². The summed E-state index contributed by atoms with van der Waals surface area (Å²) in [4.78, 5) is 14.2. The third kappa shape index (κ3) is 4.27. The molecule has 3 aliphatic rings. The Morgan fingerprint density at radius 3 is 2.78 bits per heavy atom. The van der Waals surface area contributed by atoms with Crippen molar-refractivity contribution in [2.45, 2.75) is 45.3 Å². The van der Waals surface area contributed by atoms with Crippen molar-refractivity contribution in [3.05, 3.63) is 12.2 Å². The van der Waals surface area contributed by atoms with Crippen molar-refractivity contribution in [2.24, 2.45) is 17.8 Å². The molecule has 0 spiro atoms. The van der Waals surface area contributed by atoms with Gasteiger partial charge in [-0.3, -0.25) is 4.90 Å². The predicted molar refractivity (Wildman–Crippen MR) is 89.3 cm³/mol. The average Bonchev–Trinajstić information content (AvgIpc) is 3.08. The lowest BCUT2D eigenvalue weighted by molar-refractivity contribution is -0.0318. The lowest BCUT2D eigenvalue weighted by Crippen LogP contribution is -2.54. The second kappa shape index (κ2) is 6.81. The Balaban J connectivity index is 1.47. The van der Waals surface area contributed by atoms with E-state index in [9.17, 15) is 4.79 Å². The summed E-state index contributed by atoms with van der Waals surface area (Å²) in [5, 5.41) is 3.57. The number of nitrogens with zero attached hydrogens (tertiary/aromatic N) is 1. The zero-order valence-electron chi connectivity index (χ0n) is 14.6. The van der Waals surface area contributed by atoms with E-state index in [1.54, 1.807) is 0 Å². The van der Waals surface area contributed by atoms with E-state index >= 15 is 0 Å². The summed E-state index contributed by atoms with van der Waals surface area (Å²) in [5.41, 5.74) is -0.456. The molecule has 1 saturated heterocycles. The molecule has 4 atom stereocenters. The molecular formula is C18H30N2O3. The van der Waals surface area contributed by atoms with Crippen LogP contribution in [0, 0.1) is 17.8 Å². The second-order valence-corrected chi connectivity index (χ2v) is 8.10. The van der Waals surface area contributed by atoms with Crippen LogP contribution in [0.5, 0.6) is 0 Å². The summed E-state index contributed by atoms with van der Waals surface area (Å²) in [6, 6.07) is 0.0627. The number of hydrogen-bond acceptors (Lipinski definition) is 4. The lowest BCUT2D eigenvalue weighted by Gasteiger charge is -2.37. The summed E-state index contributed by atoms with van der Waals surface area (Å²) < 4.78 is 11.1. The molecule has 0 radical (unpaired) electrons. The van der Waals surface area contributed by atoms with Gasteiger partial charge in [0.2, 0.25) is 0 Å². The van der Waals surface area contributed by atoms with Gasteiger partial charge in [0.05, 0.1) is 19.3 Å². The maximum atomic E-state index is 12.4. The maximum absolute atomic E-state index is 12.4. The first-order valence-corrected chi connectivity index (χ1v) is 8.89. The molecule has 0 aromatic carbocycles. The molecule has 1 heterocycles. The number of allylic oxidation sites excluding steroid dienone is 2. The van der Waals surface area contributed by atoms with Gasteiger partial charge in [0.1, 0.15) is 5.60 Å². The fraction of sp³-hybridized carbons (Fsp3) is 0.833. The van der Waals surface area contributed by atoms with Gasteiger partial charge in [-0.05, 0) is 57.9 Å². The van der Waals surface area contributed by atoms with Crippen LogP contribution in [0.2, 0.25) is 0 Å². The van der Waals surface area contributed by atoms with Crippen LogP contribution >= 0.6 is 0 Å². The van der Waals surface area contributed by atoms with Crippen LogP contribution in [0.3, 0.4) is 0 Å². The molecule has 1 aliphatic heterocycles. The fourth-order valence-corrected chi connectivity index (χ4v) is 3.95. The first-order valence-electron chi connectivity index (χ1n) is 8.89. The van der Waals surface area contributed by atoms with Gasteiger partial charge in [0.15, 0.2) is 0 Å². The molecule has 1 N–H and O–H groups in total. The number of amides is 1. The molecule has 5 nitrogen and oxygen atoms in total. The molecule has 2 aliphatic carbocycles. The molecule has 1 amide bonds. The largest absolute Gasteiger partial charge is 0.444 e. The molecule has 2 bridgehead atoms. The van der Waals surface area contributed by atoms with E-state index in [1.165, 1.54) is 12.8 Å². The average molecular weight is 322 g/mol. The molecular weight excluding hydrogens is 292 g/mol. The first kappa shape index (κ1) is 16.8. The molecule has 1 saturated carbocycles. The second-order valence-electron chi connectivity index (χ2n) is 8.10. The zero-order chi connectivity index (χ0) is 16.4. The third-order valence-corrected chi connectivity index (χ3v) is 5.06. The van der Waals surface area contributed by atoms with Crippen molar-refractivity contribution < 1.29 is 14.3 Å². The highest BCUT2D eigenvalue weighted by atomic mass is 16.6. The van der Waals surface area contributed by atoms with Crippen molar-refractivity contribution in [2.75, 3.05) is 32.8 Å². The van der Waals surface area contributed by atoms with E-state index in [4.69, 9.17) is 9.47 Å². The Bertz CT molecular complexity index is 458. The summed E-state index contributed by atoms with van der Waals surface area (Å²) in [5.74, 6) is 2.32. The van der Waals surface area contributed by atoms with E-state index in [0.29, 0.717) is 19.8 Å². The minimum atomic E-state index is -0.456. The summed E-state index contributed by atoms with van der Waals surface area (Å²) in [7, 11) is 0.